The third kappa shape index (κ3) is 4.91. The van der Waals surface area contributed by atoms with E-state index in [-0.39, 0.29) is 6.10 Å². The Balaban J connectivity index is 1.79. The lowest BCUT2D eigenvalue weighted by Gasteiger charge is -2.29. The molecule has 4 nitrogen and oxygen atoms in total. The van der Waals surface area contributed by atoms with Crippen LogP contribution in [0.5, 0.6) is 11.5 Å². The zero-order valence-electron chi connectivity index (χ0n) is 15.4. The Labute approximate surface area is 160 Å². The van der Waals surface area contributed by atoms with Crippen molar-refractivity contribution in [3.8, 4) is 11.5 Å². The monoisotopic (exact) mass is 375 g/mol. The SMILES string of the molecule is COc1ccccc1C(CCN1CCOCC1)Oc1ccc(Cl)c(C)c1. The largest absolute Gasteiger partial charge is 0.496 e. The van der Waals surface area contributed by atoms with Gasteiger partial charge in [0.2, 0.25) is 0 Å². The van der Waals surface area contributed by atoms with Gasteiger partial charge in [-0.2, -0.15) is 0 Å². The van der Waals surface area contributed by atoms with Crippen LogP contribution in [0.3, 0.4) is 0 Å². The maximum Gasteiger partial charge on any atom is 0.128 e. The minimum Gasteiger partial charge on any atom is -0.496 e. The quantitative estimate of drug-likeness (QED) is 0.713. The number of methoxy groups -OCH3 is 1. The van der Waals surface area contributed by atoms with E-state index in [0.717, 1.165) is 66.9 Å². The molecule has 1 heterocycles. The highest BCUT2D eigenvalue weighted by molar-refractivity contribution is 6.31. The fraction of sp³-hybridized carbons (Fsp3) is 0.429. The molecule has 26 heavy (non-hydrogen) atoms. The van der Waals surface area contributed by atoms with Crippen LogP contribution in [0.4, 0.5) is 0 Å². The first-order valence-electron chi connectivity index (χ1n) is 9.03. The Bertz CT molecular complexity index is 716. The summed E-state index contributed by atoms with van der Waals surface area (Å²) in [5.41, 5.74) is 2.08. The van der Waals surface area contributed by atoms with Crippen LogP contribution in [0, 0.1) is 6.92 Å². The van der Waals surface area contributed by atoms with Crippen LogP contribution < -0.4 is 9.47 Å². The summed E-state index contributed by atoms with van der Waals surface area (Å²) in [6.07, 6.45) is 0.789. The number of morpholine rings is 1. The number of ether oxygens (including phenoxy) is 3. The van der Waals surface area contributed by atoms with Crippen LogP contribution in [-0.2, 0) is 4.74 Å². The zero-order valence-corrected chi connectivity index (χ0v) is 16.2. The molecule has 0 N–H and O–H groups in total. The summed E-state index contributed by atoms with van der Waals surface area (Å²) in [6.45, 7) is 6.49. The van der Waals surface area contributed by atoms with Crippen LogP contribution >= 0.6 is 11.6 Å². The number of para-hydroxylation sites is 1. The summed E-state index contributed by atoms with van der Waals surface area (Å²) >= 11 is 6.15. The predicted octanol–water partition coefficient (Wildman–Crippen LogP) is 4.50. The van der Waals surface area contributed by atoms with Crippen LogP contribution in [0.15, 0.2) is 42.5 Å². The Morgan fingerprint density at radius 3 is 2.65 bits per heavy atom. The maximum absolute atomic E-state index is 6.37. The van der Waals surface area contributed by atoms with Crippen LogP contribution in [-0.4, -0.2) is 44.9 Å². The van der Waals surface area contributed by atoms with Crippen LogP contribution in [0.1, 0.15) is 23.7 Å². The maximum atomic E-state index is 6.37. The van der Waals surface area contributed by atoms with Crippen molar-refractivity contribution in [1.29, 1.82) is 0 Å². The van der Waals surface area contributed by atoms with Gasteiger partial charge in [-0.1, -0.05) is 29.8 Å². The van der Waals surface area contributed by atoms with Crippen molar-refractivity contribution in [3.05, 3.63) is 58.6 Å². The van der Waals surface area contributed by atoms with Gasteiger partial charge in [0.15, 0.2) is 0 Å². The highest BCUT2D eigenvalue weighted by Crippen LogP contribution is 2.32. The van der Waals surface area contributed by atoms with Gasteiger partial charge in [-0.15, -0.1) is 0 Å². The molecule has 0 spiro atoms. The molecular weight excluding hydrogens is 350 g/mol. The number of benzene rings is 2. The van der Waals surface area contributed by atoms with Crippen molar-refractivity contribution in [2.24, 2.45) is 0 Å². The van der Waals surface area contributed by atoms with Crippen molar-refractivity contribution in [3.63, 3.8) is 0 Å². The number of rotatable bonds is 7. The summed E-state index contributed by atoms with van der Waals surface area (Å²) < 4.78 is 17.4. The lowest BCUT2D eigenvalue weighted by Crippen LogP contribution is -2.37. The fourth-order valence-corrected chi connectivity index (χ4v) is 3.31. The zero-order chi connectivity index (χ0) is 18.4. The molecule has 2 aromatic carbocycles. The molecule has 1 aliphatic heterocycles. The minimum atomic E-state index is -0.0884. The molecule has 0 saturated carbocycles. The normalized spacial score (nSPS) is 16.3. The number of hydrogen-bond donors (Lipinski definition) is 0. The highest BCUT2D eigenvalue weighted by Gasteiger charge is 2.20. The third-order valence-electron chi connectivity index (χ3n) is 4.70. The van der Waals surface area contributed by atoms with Gasteiger partial charge in [0.05, 0.1) is 20.3 Å². The van der Waals surface area contributed by atoms with E-state index in [1.54, 1.807) is 7.11 Å². The van der Waals surface area contributed by atoms with Gasteiger partial charge in [-0.05, 0) is 36.8 Å². The van der Waals surface area contributed by atoms with E-state index in [9.17, 15) is 0 Å². The van der Waals surface area contributed by atoms with Crippen LogP contribution in [0.25, 0.3) is 0 Å². The summed E-state index contributed by atoms with van der Waals surface area (Å²) in [7, 11) is 1.70. The summed E-state index contributed by atoms with van der Waals surface area (Å²) in [5.74, 6) is 1.68. The topological polar surface area (TPSA) is 30.9 Å². The summed E-state index contributed by atoms with van der Waals surface area (Å²) in [5, 5.41) is 0.750. The third-order valence-corrected chi connectivity index (χ3v) is 5.13. The molecular formula is C21H26ClNO3. The van der Waals surface area contributed by atoms with Gasteiger partial charge in [-0.3, -0.25) is 4.90 Å². The van der Waals surface area contributed by atoms with E-state index in [4.69, 9.17) is 25.8 Å². The lowest BCUT2D eigenvalue weighted by atomic mass is 10.0. The number of aryl methyl sites for hydroxylation is 1. The molecule has 0 radical (unpaired) electrons. The molecule has 0 aliphatic carbocycles. The molecule has 0 aromatic heterocycles. The second-order valence-corrected chi connectivity index (χ2v) is 6.91. The first kappa shape index (κ1) is 19.0. The van der Waals surface area contributed by atoms with Crippen molar-refractivity contribution < 1.29 is 14.2 Å². The van der Waals surface area contributed by atoms with Gasteiger partial charge in [0.1, 0.15) is 17.6 Å². The standard InChI is InChI=1S/C21H26ClNO3/c1-16-15-17(7-8-19(16)22)26-21(9-10-23-11-13-25-14-12-23)18-5-3-4-6-20(18)24-2/h3-8,15,21H,9-14H2,1-2H3. The van der Waals surface area contributed by atoms with E-state index in [1.165, 1.54) is 0 Å². The Hall–Kier alpha value is -1.75. The molecule has 1 fully saturated rings. The molecule has 0 amide bonds. The van der Waals surface area contributed by atoms with Gasteiger partial charge in [-0.25, -0.2) is 0 Å². The van der Waals surface area contributed by atoms with E-state index in [1.807, 2.05) is 43.3 Å². The van der Waals surface area contributed by atoms with E-state index >= 15 is 0 Å². The van der Waals surface area contributed by atoms with E-state index in [2.05, 4.69) is 11.0 Å². The smallest absolute Gasteiger partial charge is 0.128 e. The molecule has 1 saturated heterocycles. The Morgan fingerprint density at radius 2 is 1.92 bits per heavy atom. The van der Waals surface area contributed by atoms with Crippen LogP contribution in [0.2, 0.25) is 5.02 Å². The van der Waals surface area contributed by atoms with Gasteiger partial charge < -0.3 is 14.2 Å². The average molecular weight is 376 g/mol. The molecule has 3 rings (SSSR count). The summed E-state index contributed by atoms with van der Waals surface area (Å²) in [6, 6.07) is 13.8. The highest BCUT2D eigenvalue weighted by atomic mass is 35.5. The molecule has 5 heteroatoms. The van der Waals surface area contributed by atoms with Gasteiger partial charge in [0, 0.05) is 36.6 Å². The average Bonchev–Trinajstić information content (AvgIpc) is 2.68. The molecule has 1 aliphatic rings. The lowest BCUT2D eigenvalue weighted by molar-refractivity contribution is 0.0316. The molecule has 0 bridgehead atoms. The van der Waals surface area contributed by atoms with Gasteiger partial charge >= 0.3 is 0 Å². The number of nitrogens with zero attached hydrogens (tertiary/aromatic N) is 1. The minimum absolute atomic E-state index is 0.0884. The van der Waals surface area contributed by atoms with E-state index < -0.39 is 0 Å². The first-order chi connectivity index (χ1) is 12.7. The molecule has 2 aromatic rings. The van der Waals surface area contributed by atoms with Crippen molar-refractivity contribution in [2.45, 2.75) is 19.4 Å². The van der Waals surface area contributed by atoms with Crippen molar-refractivity contribution >= 4 is 11.6 Å². The van der Waals surface area contributed by atoms with E-state index in [0.29, 0.717) is 0 Å². The fourth-order valence-electron chi connectivity index (χ4n) is 3.19. The van der Waals surface area contributed by atoms with Crippen molar-refractivity contribution in [1.82, 2.24) is 4.90 Å². The summed E-state index contributed by atoms with van der Waals surface area (Å²) in [4.78, 5) is 2.42. The Morgan fingerprint density at radius 1 is 1.15 bits per heavy atom. The second kappa shape index (κ2) is 9.26. The predicted molar refractivity (Wildman–Crippen MR) is 104 cm³/mol. The Kier molecular flexibility index (Phi) is 6.78. The number of hydrogen-bond acceptors (Lipinski definition) is 4. The molecule has 140 valence electrons. The molecule has 1 atom stereocenters. The first-order valence-corrected chi connectivity index (χ1v) is 9.41. The molecule has 1 unspecified atom stereocenters. The number of halogens is 1. The second-order valence-electron chi connectivity index (χ2n) is 6.50. The van der Waals surface area contributed by atoms with Gasteiger partial charge in [0.25, 0.3) is 0 Å². The van der Waals surface area contributed by atoms with Crippen molar-refractivity contribution in [2.75, 3.05) is 40.0 Å².